The number of sulfone groups is 1. The summed E-state index contributed by atoms with van der Waals surface area (Å²) < 4.78 is 24.2. The Morgan fingerprint density at radius 2 is 2.00 bits per heavy atom. The van der Waals surface area contributed by atoms with E-state index in [0.29, 0.717) is 12.5 Å². The average molecular weight is 278 g/mol. The Bertz CT molecular complexity index is 532. The summed E-state index contributed by atoms with van der Waals surface area (Å²) >= 11 is 5.97. The number of rotatable bonds is 4. The summed E-state index contributed by atoms with van der Waals surface area (Å²) in [4.78, 5) is 0. The molecular weight excluding hydrogens is 262 g/mol. The minimum Gasteiger partial charge on any atom is -0.300 e. The van der Waals surface area contributed by atoms with E-state index in [4.69, 9.17) is 11.6 Å². The van der Waals surface area contributed by atoms with Gasteiger partial charge in [0.15, 0.2) is 9.84 Å². The van der Waals surface area contributed by atoms with Crippen LogP contribution in [0.1, 0.15) is 38.4 Å². The fourth-order valence-electron chi connectivity index (χ4n) is 1.58. The largest absolute Gasteiger partial charge is 0.300 e. The first-order valence-electron chi connectivity index (χ1n) is 5.50. The Morgan fingerprint density at radius 1 is 1.41 bits per heavy atom. The molecule has 0 spiro atoms. The van der Waals surface area contributed by atoms with Gasteiger partial charge in [0.2, 0.25) is 5.28 Å². The van der Waals surface area contributed by atoms with E-state index in [0.717, 1.165) is 18.7 Å². The van der Waals surface area contributed by atoms with Crippen molar-refractivity contribution in [2.24, 2.45) is 0 Å². The summed E-state index contributed by atoms with van der Waals surface area (Å²) in [5.41, 5.74) is 0. The smallest absolute Gasteiger partial charge is 0.225 e. The van der Waals surface area contributed by atoms with Gasteiger partial charge in [-0.2, -0.15) is 0 Å². The first-order chi connectivity index (χ1) is 7.72. The van der Waals surface area contributed by atoms with Crippen LogP contribution in [-0.2, 0) is 16.4 Å². The Balaban J connectivity index is 2.32. The van der Waals surface area contributed by atoms with Crippen molar-refractivity contribution in [2.45, 2.75) is 43.9 Å². The van der Waals surface area contributed by atoms with Crippen molar-refractivity contribution >= 4 is 21.4 Å². The molecule has 0 radical (unpaired) electrons. The molecule has 0 atom stereocenters. The van der Waals surface area contributed by atoms with Crippen LogP contribution in [0, 0.1) is 0 Å². The molecule has 96 valence electrons. The predicted molar refractivity (Wildman–Crippen MR) is 65.9 cm³/mol. The van der Waals surface area contributed by atoms with Gasteiger partial charge in [0.1, 0.15) is 5.82 Å². The van der Waals surface area contributed by atoms with Gasteiger partial charge in [-0.1, -0.05) is 0 Å². The highest BCUT2D eigenvalue weighted by Crippen LogP contribution is 2.40. The van der Waals surface area contributed by atoms with Gasteiger partial charge in [-0.3, -0.25) is 4.57 Å². The highest BCUT2D eigenvalue weighted by atomic mass is 35.5. The van der Waals surface area contributed by atoms with E-state index in [-0.39, 0.29) is 5.28 Å². The highest BCUT2D eigenvalue weighted by Gasteiger charge is 2.36. The van der Waals surface area contributed by atoms with Gasteiger partial charge >= 0.3 is 0 Å². The monoisotopic (exact) mass is 277 g/mol. The molecule has 0 aliphatic heterocycles. The van der Waals surface area contributed by atoms with Crippen LogP contribution in [-0.4, -0.2) is 34.2 Å². The quantitative estimate of drug-likeness (QED) is 0.839. The summed E-state index contributed by atoms with van der Waals surface area (Å²) in [5, 5.41) is 8.13. The highest BCUT2D eigenvalue weighted by molar-refractivity contribution is 7.92. The minimum absolute atomic E-state index is 0.267. The molecule has 2 rings (SSSR count). The van der Waals surface area contributed by atoms with Gasteiger partial charge in [-0.05, 0) is 38.3 Å². The molecule has 17 heavy (non-hydrogen) atoms. The number of aromatic nitrogens is 3. The van der Waals surface area contributed by atoms with Crippen LogP contribution in [0.4, 0.5) is 0 Å². The van der Waals surface area contributed by atoms with E-state index in [2.05, 4.69) is 10.2 Å². The zero-order valence-electron chi connectivity index (χ0n) is 10.1. The third kappa shape index (κ3) is 2.47. The molecule has 0 bridgehead atoms. The molecule has 0 aromatic carbocycles. The summed E-state index contributed by atoms with van der Waals surface area (Å²) in [6.45, 7) is 3.67. The summed E-state index contributed by atoms with van der Waals surface area (Å²) in [6.07, 6.45) is 3.39. The predicted octanol–water partition coefficient (Wildman–Crippen LogP) is 1.63. The molecular formula is C10H16ClN3O2S. The maximum Gasteiger partial charge on any atom is 0.225 e. The van der Waals surface area contributed by atoms with Gasteiger partial charge < -0.3 is 0 Å². The fraction of sp³-hybridized carbons (Fsp3) is 0.800. The molecule has 1 aliphatic carbocycles. The standard InChI is InChI=1S/C10H16ClN3O2S/c1-10(2,17(3,15)16)6-14-8(7-4-5-7)12-13-9(14)11/h7H,4-6H2,1-3H3. The maximum absolute atomic E-state index is 11.7. The van der Waals surface area contributed by atoms with Crippen molar-refractivity contribution in [3.8, 4) is 0 Å². The molecule has 0 amide bonds. The third-order valence-electron chi connectivity index (χ3n) is 3.22. The van der Waals surface area contributed by atoms with Crippen molar-refractivity contribution in [3.63, 3.8) is 0 Å². The summed E-state index contributed by atoms with van der Waals surface area (Å²) in [7, 11) is -3.15. The van der Waals surface area contributed by atoms with Crippen LogP contribution in [0.2, 0.25) is 5.28 Å². The molecule has 1 aliphatic rings. The third-order valence-corrected chi connectivity index (χ3v) is 5.64. The molecule has 0 saturated heterocycles. The Kier molecular flexibility index (Phi) is 2.98. The van der Waals surface area contributed by atoms with Crippen LogP contribution >= 0.6 is 11.6 Å². The Morgan fingerprint density at radius 3 is 2.47 bits per heavy atom. The van der Waals surface area contributed by atoms with Gasteiger partial charge in [0.25, 0.3) is 0 Å². The van der Waals surface area contributed by atoms with Crippen LogP contribution in [0.5, 0.6) is 0 Å². The van der Waals surface area contributed by atoms with Gasteiger partial charge in [-0.25, -0.2) is 8.42 Å². The van der Waals surface area contributed by atoms with E-state index in [1.807, 2.05) is 0 Å². The minimum atomic E-state index is -3.15. The lowest BCUT2D eigenvalue weighted by Gasteiger charge is -2.23. The zero-order valence-corrected chi connectivity index (χ0v) is 11.7. The molecule has 1 heterocycles. The second-order valence-electron chi connectivity index (χ2n) is 5.22. The summed E-state index contributed by atoms with van der Waals surface area (Å²) in [6, 6.07) is 0. The molecule has 1 fully saturated rings. The number of hydrogen-bond donors (Lipinski definition) is 0. The second-order valence-corrected chi connectivity index (χ2v) is 8.21. The van der Waals surface area contributed by atoms with Gasteiger partial charge in [0.05, 0.1) is 4.75 Å². The van der Waals surface area contributed by atoms with E-state index < -0.39 is 14.6 Å². The van der Waals surface area contributed by atoms with Crippen molar-refractivity contribution in [1.82, 2.24) is 14.8 Å². The average Bonchev–Trinajstić information content (AvgIpc) is 2.93. The lowest BCUT2D eigenvalue weighted by Crippen LogP contribution is -2.36. The lowest BCUT2D eigenvalue weighted by atomic mass is 10.2. The zero-order chi connectivity index (χ0) is 12.8. The lowest BCUT2D eigenvalue weighted by molar-refractivity contribution is 0.493. The van der Waals surface area contributed by atoms with Crippen LogP contribution in [0.15, 0.2) is 0 Å². The molecule has 7 heteroatoms. The first-order valence-corrected chi connectivity index (χ1v) is 7.77. The van der Waals surface area contributed by atoms with Crippen molar-refractivity contribution in [3.05, 3.63) is 11.1 Å². The molecule has 0 unspecified atom stereocenters. The van der Waals surface area contributed by atoms with Crippen LogP contribution in [0.3, 0.4) is 0 Å². The van der Waals surface area contributed by atoms with Gasteiger partial charge in [-0.15, -0.1) is 10.2 Å². The van der Waals surface area contributed by atoms with Crippen LogP contribution < -0.4 is 0 Å². The van der Waals surface area contributed by atoms with E-state index in [1.54, 1.807) is 18.4 Å². The van der Waals surface area contributed by atoms with E-state index in [1.165, 1.54) is 6.26 Å². The van der Waals surface area contributed by atoms with Crippen molar-refractivity contribution < 1.29 is 8.42 Å². The number of halogens is 1. The molecule has 1 aromatic heterocycles. The Labute approximate surface area is 106 Å². The van der Waals surface area contributed by atoms with E-state index in [9.17, 15) is 8.42 Å². The second kappa shape index (κ2) is 3.95. The van der Waals surface area contributed by atoms with Crippen molar-refractivity contribution in [2.75, 3.05) is 6.26 Å². The number of hydrogen-bond acceptors (Lipinski definition) is 4. The first kappa shape index (κ1) is 12.8. The van der Waals surface area contributed by atoms with E-state index >= 15 is 0 Å². The topological polar surface area (TPSA) is 64.8 Å². The summed E-state index contributed by atoms with van der Waals surface area (Å²) in [5.74, 6) is 1.21. The van der Waals surface area contributed by atoms with Crippen molar-refractivity contribution in [1.29, 1.82) is 0 Å². The molecule has 0 N–H and O–H groups in total. The molecule has 1 saturated carbocycles. The fourth-order valence-corrected chi connectivity index (χ4v) is 2.13. The van der Waals surface area contributed by atoms with Gasteiger partial charge in [0, 0.05) is 18.7 Å². The Hall–Kier alpha value is -0.620. The number of nitrogens with zero attached hydrogens (tertiary/aromatic N) is 3. The molecule has 1 aromatic rings. The normalized spacial score (nSPS) is 17.4. The maximum atomic E-state index is 11.7. The van der Waals surface area contributed by atoms with Crippen LogP contribution in [0.25, 0.3) is 0 Å². The molecule has 5 nitrogen and oxygen atoms in total. The SMILES string of the molecule is CC(C)(Cn1c(Cl)nnc1C1CC1)S(C)(=O)=O.